The lowest BCUT2D eigenvalue weighted by molar-refractivity contribution is -0.115. The maximum absolute atomic E-state index is 11.2. The van der Waals surface area contributed by atoms with Gasteiger partial charge in [0.25, 0.3) is 0 Å². The largest absolute Gasteiger partial charge is 0.488 e. The summed E-state index contributed by atoms with van der Waals surface area (Å²) >= 11 is 3.16. The van der Waals surface area contributed by atoms with Crippen molar-refractivity contribution < 1.29 is 14.8 Å². The zero-order valence-corrected chi connectivity index (χ0v) is 9.57. The summed E-state index contributed by atoms with van der Waals surface area (Å²) in [5.41, 5.74) is 0.915. The number of hydrogen-bond donors (Lipinski definition) is 3. The molecule has 0 aromatic heterocycles. The number of nitrogens with one attached hydrogen (secondary N) is 1. The Morgan fingerprint density at radius 3 is 2.80 bits per heavy atom. The number of anilines is 1. The van der Waals surface area contributed by atoms with E-state index < -0.39 is 7.12 Å². The van der Waals surface area contributed by atoms with Gasteiger partial charge in [-0.25, -0.2) is 0 Å². The molecule has 1 aromatic carbocycles. The molecule has 0 bridgehead atoms. The van der Waals surface area contributed by atoms with Gasteiger partial charge in [0.1, 0.15) is 0 Å². The number of carbonyl (C=O) groups is 1. The highest BCUT2D eigenvalue weighted by Gasteiger charge is 2.11. The Morgan fingerprint density at radius 1 is 1.47 bits per heavy atom. The second-order valence-electron chi connectivity index (χ2n) is 2.99. The van der Waals surface area contributed by atoms with Crippen molar-refractivity contribution in [1.82, 2.24) is 0 Å². The zero-order chi connectivity index (χ0) is 11.3. The number of halogens is 1. The van der Waals surface area contributed by atoms with Crippen LogP contribution in [0.25, 0.3) is 0 Å². The first-order valence-electron chi connectivity index (χ1n) is 4.45. The van der Waals surface area contributed by atoms with E-state index in [0.29, 0.717) is 22.9 Å². The standard InChI is InChI=1S/C9H11BBrNO3/c11-5-4-9(13)12-8-3-1-2-7(6-8)10(14)15/h1-3,6,14-15H,4-5H2,(H,12,13). The van der Waals surface area contributed by atoms with Gasteiger partial charge in [-0.05, 0) is 17.6 Å². The monoisotopic (exact) mass is 271 g/mol. The van der Waals surface area contributed by atoms with Crippen molar-refractivity contribution >= 4 is 40.1 Å². The molecule has 1 amide bonds. The molecule has 0 saturated heterocycles. The summed E-state index contributed by atoms with van der Waals surface area (Å²) in [6.45, 7) is 0. The number of alkyl halides is 1. The molecule has 1 aromatic rings. The van der Waals surface area contributed by atoms with Crippen molar-refractivity contribution in [2.75, 3.05) is 10.6 Å². The Kier molecular flexibility index (Phi) is 4.81. The van der Waals surface area contributed by atoms with E-state index in [1.54, 1.807) is 18.2 Å². The molecular formula is C9H11BBrNO3. The minimum atomic E-state index is -1.52. The van der Waals surface area contributed by atoms with Crippen LogP contribution in [0.4, 0.5) is 5.69 Å². The van der Waals surface area contributed by atoms with Crippen LogP contribution in [0, 0.1) is 0 Å². The van der Waals surface area contributed by atoms with Crippen LogP contribution in [-0.2, 0) is 4.79 Å². The van der Waals surface area contributed by atoms with E-state index in [4.69, 9.17) is 10.0 Å². The lowest BCUT2D eigenvalue weighted by Crippen LogP contribution is -2.30. The molecule has 80 valence electrons. The predicted octanol–water partition coefficient (Wildman–Crippen LogP) is 0.0899. The molecule has 0 aliphatic rings. The minimum absolute atomic E-state index is 0.114. The fourth-order valence-electron chi connectivity index (χ4n) is 1.09. The fourth-order valence-corrected chi connectivity index (χ4v) is 1.45. The van der Waals surface area contributed by atoms with Crippen LogP contribution in [0.15, 0.2) is 24.3 Å². The summed E-state index contributed by atoms with van der Waals surface area (Å²) in [5.74, 6) is -0.114. The van der Waals surface area contributed by atoms with Crippen LogP contribution >= 0.6 is 15.9 Å². The summed E-state index contributed by atoms with van der Waals surface area (Å²) in [5, 5.41) is 21.1. The summed E-state index contributed by atoms with van der Waals surface area (Å²) in [6.07, 6.45) is 0.381. The molecule has 1 rings (SSSR count). The molecular weight excluding hydrogens is 261 g/mol. The summed E-state index contributed by atoms with van der Waals surface area (Å²) in [7, 11) is -1.52. The molecule has 0 unspecified atom stereocenters. The molecule has 0 heterocycles. The Balaban J connectivity index is 2.69. The van der Waals surface area contributed by atoms with E-state index in [0.717, 1.165) is 0 Å². The average molecular weight is 272 g/mol. The van der Waals surface area contributed by atoms with Gasteiger partial charge in [0.05, 0.1) is 0 Å². The summed E-state index contributed by atoms with van der Waals surface area (Å²) in [4.78, 5) is 11.2. The molecule has 15 heavy (non-hydrogen) atoms. The van der Waals surface area contributed by atoms with E-state index in [2.05, 4.69) is 21.2 Å². The summed E-state index contributed by atoms with van der Waals surface area (Å²) < 4.78 is 0. The molecule has 0 atom stereocenters. The van der Waals surface area contributed by atoms with Crippen LogP contribution < -0.4 is 10.8 Å². The van der Waals surface area contributed by atoms with Crippen LogP contribution in [0.1, 0.15) is 6.42 Å². The highest BCUT2D eigenvalue weighted by Crippen LogP contribution is 2.05. The first-order chi connectivity index (χ1) is 7.13. The Bertz CT molecular complexity index is 346. The van der Waals surface area contributed by atoms with Crippen LogP contribution in [0.2, 0.25) is 0 Å². The maximum atomic E-state index is 11.2. The van der Waals surface area contributed by atoms with Crippen molar-refractivity contribution in [2.24, 2.45) is 0 Å². The SMILES string of the molecule is O=C(CCBr)Nc1cccc(B(O)O)c1. The topological polar surface area (TPSA) is 69.6 Å². The smallest absolute Gasteiger partial charge is 0.423 e. The van der Waals surface area contributed by atoms with Gasteiger partial charge in [0, 0.05) is 17.4 Å². The Labute approximate surface area is 96.6 Å². The highest BCUT2D eigenvalue weighted by atomic mass is 79.9. The molecule has 0 radical (unpaired) electrons. The first kappa shape index (κ1) is 12.2. The van der Waals surface area contributed by atoms with Gasteiger partial charge in [-0.1, -0.05) is 28.1 Å². The molecule has 0 fully saturated rings. The highest BCUT2D eigenvalue weighted by molar-refractivity contribution is 9.09. The van der Waals surface area contributed by atoms with Gasteiger partial charge in [-0.3, -0.25) is 4.79 Å². The minimum Gasteiger partial charge on any atom is -0.423 e. The molecule has 0 saturated carbocycles. The van der Waals surface area contributed by atoms with Crippen LogP contribution in [-0.4, -0.2) is 28.4 Å². The van der Waals surface area contributed by atoms with Gasteiger partial charge >= 0.3 is 7.12 Å². The van der Waals surface area contributed by atoms with Crippen LogP contribution in [0.5, 0.6) is 0 Å². The van der Waals surface area contributed by atoms with E-state index in [9.17, 15) is 4.79 Å². The Morgan fingerprint density at radius 2 is 2.20 bits per heavy atom. The number of rotatable bonds is 4. The molecule has 0 spiro atoms. The average Bonchev–Trinajstić information content (AvgIpc) is 2.18. The van der Waals surface area contributed by atoms with Crippen molar-refractivity contribution in [3.63, 3.8) is 0 Å². The van der Waals surface area contributed by atoms with E-state index in [1.807, 2.05) is 0 Å². The van der Waals surface area contributed by atoms with Gasteiger partial charge in [0.2, 0.25) is 5.91 Å². The normalized spacial score (nSPS) is 9.80. The van der Waals surface area contributed by atoms with Crippen molar-refractivity contribution in [1.29, 1.82) is 0 Å². The zero-order valence-electron chi connectivity index (χ0n) is 7.98. The molecule has 6 heteroatoms. The number of benzene rings is 1. The van der Waals surface area contributed by atoms with Crippen molar-refractivity contribution in [3.8, 4) is 0 Å². The number of carbonyl (C=O) groups excluding carboxylic acids is 1. The van der Waals surface area contributed by atoms with Crippen LogP contribution in [0.3, 0.4) is 0 Å². The third-order valence-electron chi connectivity index (χ3n) is 1.79. The predicted molar refractivity (Wildman–Crippen MR) is 63.3 cm³/mol. The second kappa shape index (κ2) is 5.90. The van der Waals surface area contributed by atoms with Gasteiger partial charge in [-0.15, -0.1) is 0 Å². The molecule has 3 N–H and O–H groups in total. The molecule has 0 aliphatic carbocycles. The quantitative estimate of drug-likeness (QED) is 0.537. The summed E-state index contributed by atoms with van der Waals surface area (Å²) in [6, 6.07) is 6.44. The number of amides is 1. The van der Waals surface area contributed by atoms with Crippen molar-refractivity contribution in [3.05, 3.63) is 24.3 Å². The van der Waals surface area contributed by atoms with E-state index in [-0.39, 0.29) is 5.91 Å². The van der Waals surface area contributed by atoms with Gasteiger partial charge < -0.3 is 15.4 Å². The lowest BCUT2D eigenvalue weighted by Gasteiger charge is -2.06. The van der Waals surface area contributed by atoms with Gasteiger partial charge in [-0.2, -0.15) is 0 Å². The Hall–Kier alpha value is -0.845. The van der Waals surface area contributed by atoms with Crippen molar-refractivity contribution in [2.45, 2.75) is 6.42 Å². The second-order valence-corrected chi connectivity index (χ2v) is 3.78. The van der Waals surface area contributed by atoms with Gasteiger partial charge in [0.15, 0.2) is 0 Å². The fraction of sp³-hybridized carbons (Fsp3) is 0.222. The number of hydrogen-bond acceptors (Lipinski definition) is 3. The molecule has 0 aliphatic heterocycles. The first-order valence-corrected chi connectivity index (χ1v) is 5.57. The molecule has 4 nitrogen and oxygen atoms in total. The maximum Gasteiger partial charge on any atom is 0.488 e. The van der Waals surface area contributed by atoms with E-state index in [1.165, 1.54) is 6.07 Å². The third kappa shape index (κ3) is 4.03. The van der Waals surface area contributed by atoms with E-state index >= 15 is 0 Å². The lowest BCUT2D eigenvalue weighted by atomic mass is 9.80. The third-order valence-corrected chi connectivity index (χ3v) is 2.19.